The Labute approximate surface area is 123 Å². The summed E-state index contributed by atoms with van der Waals surface area (Å²) in [6.07, 6.45) is -4.64. The minimum atomic E-state index is -4.64. The molecule has 20 heavy (non-hydrogen) atoms. The summed E-state index contributed by atoms with van der Waals surface area (Å²) in [6.45, 7) is 1.54. The maximum absolute atomic E-state index is 12.9. The number of hydrogen-bond acceptors (Lipinski definition) is 3. The van der Waals surface area contributed by atoms with E-state index in [1.807, 2.05) is 4.72 Å². The van der Waals surface area contributed by atoms with Crippen molar-refractivity contribution in [1.82, 2.24) is 5.32 Å². The van der Waals surface area contributed by atoms with Crippen LogP contribution in [0.15, 0.2) is 22.7 Å². The number of rotatable bonds is 5. The van der Waals surface area contributed by atoms with Gasteiger partial charge in [-0.15, -0.1) is 0 Å². The molecule has 1 unspecified atom stereocenters. The average Bonchev–Trinajstić information content (AvgIpc) is 2.30. The van der Waals surface area contributed by atoms with Gasteiger partial charge in [-0.1, -0.05) is 15.9 Å². The Morgan fingerprint density at radius 3 is 2.45 bits per heavy atom. The van der Waals surface area contributed by atoms with Gasteiger partial charge in [0.1, 0.15) is 0 Å². The van der Waals surface area contributed by atoms with Crippen LogP contribution in [-0.2, 0) is 16.2 Å². The highest BCUT2D eigenvalue weighted by atomic mass is 79.9. The van der Waals surface area contributed by atoms with Gasteiger partial charge in [0.25, 0.3) is 0 Å². The fourth-order valence-electron chi connectivity index (χ4n) is 1.49. The first-order chi connectivity index (χ1) is 9.08. The Morgan fingerprint density at radius 1 is 1.35 bits per heavy atom. The molecule has 1 aromatic carbocycles. The average molecular weight is 375 g/mol. The third kappa shape index (κ3) is 4.35. The second-order valence-electron chi connectivity index (χ2n) is 4.20. The largest absolute Gasteiger partial charge is 0.418 e. The van der Waals surface area contributed by atoms with Crippen molar-refractivity contribution in [3.63, 3.8) is 0 Å². The van der Waals surface area contributed by atoms with E-state index in [9.17, 15) is 21.6 Å². The standard InChI is InChI=1S/C11H14BrF3N2O2S/c1-7(6-16-2)20(18,19)17-10-4-3-8(12)5-9(10)11(13,14)15/h3-5,7,16-17H,6H2,1-2H3. The van der Waals surface area contributed by atoms with Crippen LogP contribution >= 0.6 is 15.9 Å². The number of hydrogen-bond donors (Lipinski definition) is 2. The lowest BCUT2D eigenvalue weighted by Crippen LogP contribution is -2.33. The summed E-state index contributed by atoms with van der Waals surface area (Å²) >= 11 is 2.93. The normalized spacial score (nSPS) is 14.1. The molecule has 1 rings (SSSR count). The second-order valence-corrected chi connectivity index (χ2v) is 7.22. The van der Waals surface area contributed by atoms with Crippen molar-refractivity contribution in [2.75, 3.05) is 18.3 Å². The highest BCUT2D eigenvalue weighted by Gasteiger charge is 2.35. The van der Waals surface area contributed by atoms with E-state index in [-0.39, 0.29) is 11.0 Å². The first-order valence-corrected chi connectivity index (χ1v) is 7.95. The van der Waals surface area contributed by atoms with Crippen molar-refractivity contribution in [3.05, 3.63) is 28.2 Å². The summed E-state index contributed by atoms with van der Waals surface area (Å²) in [5.41, 5.74) is -1.52. The van der Waals surface area contributed by atoms with E-state index >= 15 is 0 Å². The van der Waals surface area contributed by atoms with E-state index in [0.29, 0.717) is 0 Å². The van der Waals surface area contributed by atoms with Crippen LogP contribution in [0.2, 0.25) is 0 Å². The fraction of sp³-hybridized carbons (Fsp3) is 0.455. The van der Waals surface area contributed by atoms with E-state index < -0.39 is 32.7 Å². The topological polar surface area (TPSA) is 58.2 Å². The van der Waals surface area contributed by atoms with Crippen LogP contribution in [0.1, 0.15) is 12.5 Å². The van der Waals surface area contributed by atoms with Gasteiger partial charge in [-0.2, -0.15) is 13.2 Å². The molecule has 1 atom stereocenters. The van der Waals surface area contributed by atoms with Crippen LogP contribution in [0.5, 0.6) is 0 Å². The number of nitrogens with one attached hydrogen (secondary N) is 2. The smallest absolute Gasteiger partial charge is 0.318 e. The monoisotopic (exact) mass is 374 g/mol. The molecule has 114 valence electrons. The van der Waals surface area contributed by atoms with E-state index in [0.717, 1.165) is 12.1 Å². The molecular weight excluding hydrogens is 361 g/mol. The summed E-state index contributed by atoms with van der Waals surface area (Å²) in [5.74, 6) is 0. The summed E-state index contributed by atoms with van der Waals surface area (Å²) < 4.78 is 64.7. The SMILES string of the molecule is CNCC(C)S(=O)(=O)Nc1ccc(Br)cc1C(F)(F)F. The van der Waals surface area contributed by atoms with Crippen molar-refractivity contribution >= 4 is 31.6 Å². The van der Waals surface area contributed by atoms with Crippen LogP contribution in [-0.4, -0.2) is 27.3 Å². The van der Waals surface area contributed by atoms with Gasteiger partial charge in [-0.3, -0.25) is 4.72 Å². The lowest BCUT2D eigenvalue weighted by molar-refractivity contribution is -0.136. The Hall–Kier alpha value is -0.800. The number of anilines is 1. The molecule has 0 saturated carbocycles. The van der Waals surface area contributed by atoms with Crippen molar-refractivity contribution in [2.24, 2.45) is 0 Å². The molecule has 0 bridgehead atoms. The maximum atomic E-state index is 12.9. The maximum Gasteiger partial charge on any atom is 0.418 e. The van der Waals surface area contributed by atoms with Crippen molar-refractivity contribution < 1.29 is 21.6 Å². The Bertz CT molecular complexity index is 576. The molecule has 9 heteroatoms. The Kier molecular flexibility index (Phi) is 5.45. The molecule has 0 radical (unpaired) electrons. The van der Waals surface area contributed by atoms with Gasteiger partial charge in [0.15, 0.2) is 0 Å². The molecule has 0 saturated heterocycles. The molecule has 0 aromatic heterocycles. The zero-order valence-electron chi connectivity index (χ0n) is 10.8. The zero-order valence-corrected chi connectivity index (χ0v) is 13.2. The first-order valence-electron chi connectivity index (χ1n) is 5.61. The van der Waals surface area contributed by atoms with Gasteiger partial charge in [-0.25, -0.2) is 8.42 Å². The van der Waals surface area contributed by atoms with Gasteiger partial charge in [0, 0.05) is 11.0 Å². The van der Waals surface area contributed by atoms with E-state index in [2.05, 4.69) is 21.2 Å². The van der Waals surface area contributed by atoms with Crippen molar-refractivity contribution in [3.8, 4) is 0 Å². The van der Waals surface area contributed by atoms with E-state index in [4.69, 9.17) is 0 Å². The number of sulfonamides is 1. The number of alkyl halides is 3. The molecule has 0 aliphatic carbocycles. The molecule has 0 heterocycles. The summed E-state index contributed by atoms with van der Waals surface area (Å²) in [7, 11) is -2.34. The predicted octanol–water partition coefficient (Wildman–Crippen LogP) is 2.82. The van der Waals surface area contributed by atoms with Gasteiger partial charge >= 0.3 is 6.18 Å². The van der Waals surface area contributed by atoms with E-state index in [1.165, 1.54) is 13.0 Å². The third-order valence-corrected chi connectivity index (χ3v) is 4.78. The molecule has 0 aliphatic rings. The highest BCUT2D eigenvalue weighted by Crippen LogP contribution is 2.37. The lowest BCUT2D eigenvalue weighted by Gasteiger charge is -2.18. The van der Waals surface area contributed by atoms with Gasteiger partial charge in [0.2, 0.25) is 10.0 Å². The van der Waals surface area contributed by atoms with Crippen LogP contribution in [0, 0.1) is 0 Å². The molecular formula is C11H14BrF3N2O2S. The summed E-state index contributed by atoms with van der Waals surface area (Å²) in [5, 5.41) is 1.80. The second kappa shape index (κ2) is 6.31. The predicted molar refractivity (Wildman–Crippen MR) is 75.1 cm³/mol. The van der Waals surface area contributed by atoms with Crippen LogP contribution in [0.25, 0.3) is 0 Å². The number of benzene rings is 1. The molecule has 1 aromatic rings. The Balaban J connectivity index is 3.16. The number of halogens is 4. The fourth-order valence-corrected chi connectivity index (χ4v) is 2.92. The van der Waals surface area contributed by atoms with Gasteiger partial charge < -0.3 is 5.32 Å². The van der Waals surface area contributed by atoms with Gasteiger partial charge in [0.05, 0.1) is 16.5 Å². The van der Waals surface area contributed by atoms with Crippen LogP contribution in [0.3, 0.4) is 0 Å². The molecule has 0 fully saturated rings. The minimum Gasteiger partial charge on any atom is -0.318 e. The quantitative estimate of drug-likeness (QED) is 0.832. The highest BCUT2D eigenvalue weighted by molar-refractivity contribution is 9.10. The molecule has 0 amide bonds. The van der Waals surface area contributed by atoms with Crippen LogP contribution < -0.4 is 10.0 Å². The summed E-state index contributed by atoms with van der Waals surface area (Å²) in [4.78, 5) is 0. The van der Waals surface area contributed by atoms with E-state index in [1.54, 1.807) is 7.05 Å². The summed E-state index contributed by atoms with van der Waals surface area (Å²) in [6, 6.07) is 3.26. The van der Waals surface area contributed by atoms with Crippen molar-refractivity contribution in [1.29, 1.82) is 0 Å². The minimum absolute atomic E-state index is 0.132. The molecule has 0 aliphatic heterocycles. The molecule has 0 spiro atoms. The zero-order chi connectivity index (χ0) is 15.6. The molecule has 4 nitrogen and oxygen atoms in total. The van der Waals surface area contributed by atoms with Crippen LogP contribution in [0.4, 0.5) is 18.9 Å². The first kappa shape index (κ1) is 17.3. The third-order valence-electron chi connectivity index (χ3n) is 2.56. The van der Waals surface area contributed by atoms with Crippen molar-refractivity contribution in [2.45, 2.75) is 18.3 Å². The van der Waals surface area contributed by atoms with Gasteiger partial charge in [-0.05, 0) is 32.2 Å². The lowest BCUT2D eigenvalue weighted by atomic mass is 10.2. The Morgan fingerprint density at radius 2 is 1.95 bits per heavy atom. The molecule has 2 N–H and O–H groups in total.